The Morgan fingerprint density at radius 1 is 1.39 bits per heavy atom. The molecule has 8 heteroatoms. The highest BCUT2D eigenvalue weighted by molar-refractivity contribution is 14.0. The number of likely N-dealkylation sites (tertiary alicyclic amines) is 1. The molecule has 0 saturated carbocycles. The number of hydrogen-bond acceptors (Lipinski definition) is 3. The van der Waals surface area contributed by atoms with Crippen LogP contribution in [-0.2, 0) is 9.59 Å². The highest BCUT2D eigenvalue weighted by Crippen LogP contribution is 2.09. The van der Waals surface area contributed by atoms with Gasteiger partial charge in [-0.1, -0.05) is 13.8 Å². The monoisotopic (exact) mass is 439 g/mol. The first kappa shape index (κ1) is 21.9. The first-order valence-electron chi connectivity index (χ1n) is 8.00. The van der Waals surface area contributed by atoms with Gasteiger partial charge in [0, 0.05) is 45.1 Å². The minimum atomic E-state index is -0.00865. The molecule has 134 valence electrons. The van der Waals surface area contributed by atoms with E-state index in [9.17, 15) is 9.59 Å². The molecule has 1 saturated heterocycles. The molecule has 1 atom stereocenters. The Hall–Kier alpha value is -1.06. The quantitative estimate of drug-likeness (QED) is 0.244. The third kappa shape index (κ3) is 8.38. The van der Waals surface area contributed by atoms with E-state index in [0.717, 1.165) is 18.9 Å². The van der Waals surface area contributed by atoms with Crippen LogP contribution in [0, 0.1) is 5.92 Å². The minimum absolute atomic E-state index is 0. The summed E-state index contributed by atoms with van der Waals surface area (Å²) in [4.78, 5) is 29.2. The summed E-state index contributed by atoms with van der Waals surface area (Å²) in [7, 11) is 1.82. The molecule has 1 heterocycles. The summed E-state index contributed by atoms with van der Waals surface area (Å²) < 4.78 is 0. The van der Waals surface area contributed by atoms with Gasteiger partial charge in [-0.2, -0.15) is 0 Å². The average molecular weight is 439 g/mol. The van der Waals surface area contributed by atoms with E-state index in [4.69, 9.17) is 0 Å². The second kappa shape index (κ2) is 11.5. The number of aliphatic imine (C=N–C) groups is 1. The van der Waals surface area contributed by atoms with Gasteiger partial charge in [0.15, 0.2) is 5.96 Å². The second-order valence-corrected chi connectivity index (χ2v) is 5.86. The first-order chi connectivity index (χ1) is 10.4. The van der Waals surface area contributed by atoms with Gasteiger partial charge in [0.1, 0.15) is 0 Å². The number of likely N-dealkylation sites (N-methyl/N-ethyl adjacent to an activating group) is 1. The topological polar surface area (TPSA) is 85.8 Å². The number of halogens is 1. The van der Waals surface area contributed by atoms with Gasteiger partial charge < -0.3 is 20.9 Å². The van der Waals surface area contributed by atoms with Crippen LogP contribution in [0.1, 0.15) is 33.6 Å². The fourth-order valence-corrected chi connectivity index (χ4v) is 2.19. The Morgan fingerprint density at radius 3 is 2.65 bits per heavy atom. The zero-order valence-corrected chi connectivity index (χ0v) is 16.8. The number of guanidine groups is 1. The minimum Gasteiger partial charge on any atom is -0.357 e. The summed E-state index contributed by atoms with van der Waals surface area (Å²) in [6.07, 6.45) is 1.38. The molecule has 7 nitrogen and oxygen atoms in total. The maximum Gasteiger partial charge on any atom is 0.222 e. The number of nitrogens with zero attached hydrogens (tertiary/aromatic N) is 2. The Morgan fingerprint density at radius 2 is 2.09 bits per heavy atom. The SMILES string of the molecule is CCNC(=NCCNC(=O)C(C)C)NC1CCC(=O)N(C)C1.I. The van der Waals surface area contributed by atoms with Crippen molar-refractivity contribution in [1.82, 2.24) is 20.9 Å². The van der Waals surface area contributed by atoms with Crippen LogP contribution in [0.4, 0.5) is 0 Å². The van der Waals surface area contributed by atoms with Crippen molar-refractivity contribution >= 4 is 41.8 Å². The molecule has 3 N–H and O–H groups in total. The number of carbonyl (C=O) groups is 2. The number of hydrogen-bond donors (Lipinski definition) is 3. The van der Waals surface area contributed by atoms with E-state index in [-0.39, 0.29) is 47.8 Å². The normalized spacial score (nSPS) is 18.5. The Balaban J connectivity index is 0.00000484. The van der Waals surface area contributed by atoms with Crippen molar-refractivity contribution in [3.8, 4) is 0 Å². The first-order valence-corrected chi connectivity index (χ1v) is 8.00. The summed E-state index contributed by atoms with van der Waals surface area (Å²) in [5.41, 5.74) is 0. The van der Waals surface area contributed by atoms with E-state index in [1.54, 1.807) is 4.90 Å². The fraction of sp³-hybridized carbons (Fsp3) is 0.800. The molecule has 1 rings (SSSR count). The third-order valence-corrected chi connectivity index (χ3v) is 3.52. The molecular formula is C15H30IN5O2. The average Bonchev–Trinajstić information content (AvgIpc) is 2.47. The van der Waals surface area contributed by atoms with Crippen molar-refractivity contribution in [1.29, 1.82) is 0 Å². The number of rotatable bonds is 6. The van der Waals surface area contributed by atoms with Crippen molar-refractivity contribution in [2.24, 2.45) is 10.9 Å². The van der Waals surface area contributed by atoms with Gasteiger partial charge in [0.2, 0.25) is 11.8 Å². The number of piperidine rings is 1. The lowest BCUT2D eigenvalue weighted by Gasteiger charge is -2.31. The van der Waals surface area contributed by atoms with Crippen LogP contribution in [-0.4, -0.2) is 61.9 Å². The van der Waals surface area contributed by atoms with Crippen LogP contribution in [0.15, 0.2) is 4.99 Å². The van der Waals surface area contributed by atoms with Crippen molar-refractivity contribution in [2.45, 2.75) is 39.7 Å². The van der Waals surface area contributed by atoms with Crippen molar-refractivity contribution < 1.29 is 9.59 Å². The van der Waals surface area contributed by atoms with Crippen LogP contribution in [0.25, 0.3) is 0 Å². The molecule has 1 aliphatic heterocycles. The van der Waals surface area contributed by atoms with Gasteiger partial charge in [-0.25, -0.2) is 0 Å². The highest BCUT2D eigenvalue weighted by atomic mass is 127. The zero-order chi connectivity index (χ0) is 16.5. The number of carbonyl (C=O) groups excluding carboxylic acids is 2. The maximum atomic E-state index is 11.5. The summed E-state index contributed by atoms with van der Waals surface area (Å²) in [6.45, 7) is 8.25. The van der Waals surface area contributed by atoms with Crippen molar-refractivity contribution in [2.75, 3.05) is 33.2 Å². The molecule has 1 aliphatic rings. The third-order valence-electron chi connectivity index (χ3n) is 3.52. The fourth-order valence-electron chi connectivity index (χ4n) is 2.19. The van der Waals surface area contributed by atoms with Gasteiger partial charge in [-0.15, -0.1) is 24.0 Å². The summed E-state index contributed by atoms with van der Waals surface area (Å²) in [5, 5.41) is 9.38. The van der Waals surface area contributed by atoms with Gasteiger partial charge in [-0.05, 0) is 13.3 Å². The molecule has 1 unspecified atom stereocenters. The lowest BCUT2D eigenvalue weighted by atomic mass is 10.1. The smallest absolute Gasteiger partial charge is 0.222 e. The van der Waals surface area contributed by atoms with Crippen LogP contribution in [0.5, 0.6) is 0 Å². The van der Waals surface area contributed by atoms with E-state index in [1.807, 2.05) is 27.8 Å². The Labute approximate surface area is 156 Å². The van der Waals surface area contributed by atoms with Crippen molar-refractivity contribution in [3.05, 3.63) is 0 Å². The molecular weight excluding hydrogens is 409 g/mol. The Bertz CT molecular complexity index is 415. The largest absolute Gasteiger partial charge is 0.357 e. The molecule has 0 radical (unpaired) electrons. The number of nitrogens with one attached hydrogen (secondary N) is 3. The summed E-state index contributed by atoms with van der Waals surface area (Å²) >= 11 is 0. The van der Waals surface area contributed by atoms with Crippen LogP contribution in [0.2, 0.25) is 0 Å². The summed E-state index contributed by atoms with van der Waals surface area (Å²) in [6, 6.07) is 0.214. The van der Waals surface area contributed by atoms with E-state index in [0.29, 0.717) is 26.1 Å². The second-order valence-electron chi connectivity index (χ2n) is 5.86. The van der Waals surface area contributed by atoms with Crippen LogP contribution >= 0.6 is 24.0 Å². The molecule has 0 bridgehead atoms. The Kier molecular flexibility index (Phi) is 10.9. The van der Waals surface area contributed by atoms with Crippen molar-refractivity contribution in [3.63, 3.8) is 0 Å². The van der Waals surface area contributed by atoms with Crippen LogP contribution < -0.4 is 16.0 Å². The molecule has 0 aromatic rings. The lowest BCUT2D eigenvalue weighted by Crippen LogP contribution is -2.51. The predicted molar refractivity (Wildman–Crippen MR) is 103 cm³/mol. The van der Waals surface area contributed by atoms with Gasteiger partial charge in [-0.3, -0.25) is 14.6 Å². The molecule has 0 aromatic heterocycles. The lowest BCUT2D eigenvalue weighted by molar-refractivity contribution is -0.132. The molecule has 2 amide bonds. The van der Waals surface area contributed by atoms with E-state index in [1.165, 1.54) is 0 Å². The van der Waals surface area contributed by atoms with Gasteiger partial charge >= 0.3 is 0 Å². The number of amides is 2. The zero-order valence-electron chi connectivity index (χ0n) is 14.5. The van der Waals surface area contributed by atoms with Gasteiger partial charge in [0.25, 0.3) is 0 Å². The molecule has 1 fully saturated rings. The molecule has 0 spiro atoms. The standard InChI is InChI=1S/C15H29N5O2.HI/c1-5-16-15(18-9-8-17-14(22)11(2)3)19-12-6-7-13(21)20(4)10-12;/h11-12H,5-10H2,1-4H3,(H,17,22)(H2,16,18,19);1H. The predicted octanol–water partition coefficient (Wildman–Crippen LogP) is 0.553. The maximum absolute atomic E-state index is 11.5. The highest BCUT2D eigenvalue weighted by Gasteiger charge is 2.23. The van der Waals surface area contributed by atoms with E-state index >= 15 is 0 Å². The summed E-state index contributed by atoms with van der Waals surface area (Å²) in [5.74, 6) is 0.955. The molecule has 0 aliphatic carbocycles. The van der Waals surface area contributed by atoms with Crippen LogP contribution in [0.3, 0.4) is 0 Å². The molecule has 0 aromatic carbocycles. The van der Waals surface area contributed by atoms with E-state index < -0.39 is 0 Å². The molecule has 23 heavy (non-hydrogen) atoms. The van der Waals surface area contributed by atoms with E-state index in [2.05, 4.69) is 20.9 Å². The van der Waals surface area contributed by atoms with Gasteiger partial charge in [0.05, 0.1) is 6.54 Å².